The molecule has 106 valence electrons. The van der Waals surface area contributed by atoms with E-state index in [1.165, 1.54) is 0 Å². The third kappa shape index (κ3) is 2.94. The number of hydrazone groups is 1. The minimum atomic E-state index is -0.316. The molecule has 4 nitrogen and oxygen atoms in total. The molecule has 1 heterocycles. The average molecular weight is 280 g/mol. The van der Waals surface area contributed by atoms with Crippen molar-refractivity contribution in [1.29, 1.82) is 0 Å². The van der Waals surface area contributed by atoms with Crippen LogP contribution < -0.4 is 5.43 Å². The van der Waals surface area contributed by atoms with Crippen LogP contribution in [0.4, 0.5) is 5.69 Å². The number of fused-ring (bicyclic) bond motifs is 1. The lowest BCUT2D eigenvalue weighted by Gasteiger charge is -2.24. The second kappa shape index (κ2) is 5.79. The van der Waals surface area contributed by atoms with Crippen molar-refractivity contribution in [3.05, 3.63) is 65.7 Å². The molecule has 4 heteroatoms. The lowest BCUT2D eigenvalue weighted by Crippen LogP contribution is -2.33. The van der Waals surface area contributed by atoms with Gasteiger partial charge in [0.1, 0.15) is 6.10 Å². The number of carbonyl (C=O) groups excluding carboxylic acids is 1. The van der Waals surface area contributed by atoms with Gasteiger partial charge in [-0.1, -0.05) is 36.4 Å². The first-order valence-electron chi connectivity index (χ1n) is 6.88. The largest absolute Gasteiger partial charge is 0.452 e. The molecule has 0 aromatic heterocycles. The molecule has 0 saturated carbocycles. The van der Waals surface area contributed by atoms with E-state index >= 15 is 0 Å². The number of rotatable bonds is 3. The predicted octanol–water partition coefficient (Wildman–Crippen LogP) is 3.26. The van der Waals surface area contributed by atoms with Gasteiger partial charge in [-0.3, -0.25) is 5.43 Å². The topological polar surface area (TPSA) is 50.7 Å². The molecule has 0 fully saturated rings. The third-order valence-corrected chi connectivity index (χ3v) is 3.49. The second-order valence-electron chi connectivity index (χ2n) is 4.99. The number of para-hydroxylation sites is 1. The fourth-order valence-corrected chi connectivity index (χ4v) is 2.30. The van der Waals surface area contributed by atoms with Crippen LogP contribution in [0, 0.1) is 0 Å². The Balaban J connectivity index is 1.74. The van der Waals surface area contributed by atoms with Gasteiger partial charge in [-0.25, -0.2) is 4.79 Å². The maximum absolute atomic E-state index is 12.0. The molecule has 1 aliphatic rings. The number of anilines is 1. The van der Waals surface area contributed by atoms with E-state index in [1.54, 1.807) is 6.07 Å². The van der Waals surface area contributed by atoms with E-state index in [0.29, 0.717) is 12.0 Å². The van der Waals surface area contributed by atoms with Crippen LogP contribution in [-0.2, 0) is 11.2 Å². The van der Waals surface area contributed by atoms with Crippen molar-refractivity contribution in [3.8, 4) is 0 Å². The Labute approximate surface area is 123 Å². The molecule has 1 atom stereocenters. The standard InChI is InChI=1S/C17H16N2O2/c1-12(18-19-14-8-3-2-4-9-14)16-11-13-7-5-6-10-15(13)17(20)21-16/h2-10,16,19H,11H2,1H3. The Kier molecular flexibility index (Phi) is 3.69. The Morgan fingerprint density at radius 3 is 2.67 bits per heavy atom. The van der Waals surface area contributed by atoms with Crippen LogP contribution in [0.15, 0.2) is 59.7 Å². The summed E-state index contributed by atoms with van der Waals surface area (Å²) in [6, 6.07) is 17.2. The molecule has 0 amide bonds. The highest BCUT2D eigenvalue weighted by molar-refractivity contribution is 5.97. The van der Waals surface area contributed by atoms with E-state index in [0.717, 1.165) is 17.0 Å². The molecule has 2 aromatic carbocycles. The van der Waals surface area contributed by atoms with Gasteiger partial charge < -0.3 is 4.74 Å². The molecule has 0 bridgehead atoms. The molecule has 0 radical (unpaired) electrons. The number of ether oxygens (including phenoxy) is 1. The van der Waals surface area contributed by atoms with Gasteiger partial charge >= 0.3 is 5.97 Å². The van der Waals surface area contributed by atoms with Crippen molar-refractivity contribution in [3.63, 3.8) is 0 Å². The van der Waals surface area contributed by atoms with Gasteiger partial charge in [-0.2, -0.15) is 5.10 Å². The van der Waals surface area contributed by atoms with Crippen molar-refractivity contribution < 1.29 is 9.53 Å². The molecular formula is C17H16N2O2. The number of benzene rings is 2. The summed E-state index contributed by atoms with van der Waals surface area (Å²) in [4.78, 5) is 12.0. The first-order chi connectivity index (χ1) is 10.2. The van der Waals surface area contributed by atoms with Gasteiger partial charge in [0.2, 0.25) is 0 Å². The molecule has 21 heavy (non-hydrogen) atoms. The molecule has 2 aromatic rings. The number of hydrogen-bond donors (Lipinski definition) is 1. The van der Waals surface area contributed by atoms with E-state index in [4.69, 9.17) is 4.74 Å². The highest BCUT2D eigenvalue weighted by Gasteiger charge is 2.27. The molecule has 1 aliphatic heterocycles. The van der Waals surface area contributed by atoms with Crippen LogP contribution in [0.5, 0.6) is 0 Å². The number of carbonyl (C=O) groups is 1. The van der Waals surface area contributed by atoms with Crippen molar-refractivity contribution >= 4 is 17.4 Å². The van der Waals surface area contributed by atoms with Crippen molar-refractivity contribution in [2.24, 2.45) is 5.10 Å². The minimum Gasteiger partial charge on any atom is -0.452 e. The fourth-order valence-electron chi connectivity index (χ4n) is 2.30. The van der Waals surface area contributed by atoms with Gasteiger partial charge in [0.25, 0.3) is 0 Å². The molecule has 0 spiro atoms. The van der Waals surface area contributed by atoms with Gasteiger partial charge in [-0.15, -0.1) is 0 Å². The van der Waals surface area contributed by atoms with Crippen LogP contribution in [0.2, 0.25) is 0 Å². The zero-order valence-corrected chi connectivity index (χ0v) is 11.7. The molecule has 1 N–H and O–H groups in total. The van der Waals surface area contributed by atoms with E-state index in [1.807, 2.05) is 55.5 Å². The summed E-state index contributed by atoms with van der Waals surface area (Å²) in [6.45, 7) is 1.86. The molecule has 0 aliphatic carbocycles. The SMILES string of the molecule is CC(=NNc1ccccc1)C1Cc2ccccc2C(=O)O1. The maximum atomic E-state index is 12.0. The van der Waals surface area contributed by atoms with Crippen molar-refractivity contribution in [2.45, 2.75) is 19.4 Å². The Hall–Kier alpha value is -2.62. The van der Waals surface area contributed by atoms with Crippen LogP contribution in [0.1, 0.15) is 22.8 Å². The zero-order valence-electron chi connectivity index (χ0n) is 11.7. The molecular weight excluding hydrogens is 264 g/mol. The lowest BCUT2D eigenvalue weighted by atomic mass is 9.97. The third-order valence-electron chi connectivity index (χ3n) is 3.49. The normalized spacial score (nSPS) is 17.9. The quantitative estimate of drug-likeness (QED) is 0.533. The molecule has 0 saturated heterocycles. The number of nitrogens with zero attached hydrogens (tertiary/aromatic N) is 1. The lowest BCUT2D eigenvalue weighted by molar-refractivity contribution is 0.0389. The predicted molar refractivity (Wildman–Crippen MR) is 82.5 cm³/mol. The van der Waals surface area contributed by atoms with E-state index in [-0.39, 0.29) is 12.1 Å². The Morgan fingerprint density at radius 2 is 1.86 bits per heavy atom. The average Bonchev–Trinajstić information content (AvgIpc) is 2.53. The van der Waals surface area contributed by atoms with E-state index < -0.39 is 0 Å². The van der Waals surface area contributed by atoms with Crippen LogP contribution in [-0.4, -0.2) is 17.8 Å². The number of cyclic esters (lactones) is 1. The van der Waals surface area contributed by atoms with Gasteiger partial charge in [0, 0.05) is 6.42 Å². The summed E-state index contributed by atoms with van der Waals surface area (Å²) in [6.07, 6.45) is 0.344. The molecule has 1 unspecified atom stereocenters. The summed E-state index contributed by atoms with van der Waals surface area (Å²) in [7, 11) is 0. The van der Waals surface area contributed by atoms with Gasteiger partial charge in [0.05, 0.1) is 17.0 Å². The van der Waals surface area contributed by atoms with Gasteiger partial charge in [-0.05, 0) is 30.7 Å². The summed E-state index contributed by atoms with van der Waals surface area (Å²) < 4.78 is 5.45. The maximum Gasteiger partial charge on any atom is 0.339 e. The number of hydrogen-bond acceptors (Lipinski definition) is 4. The smallest absolute Gasteiger partial charge is 0.339 e. The minimum absolute atomic E-state index is 0.281. The second-order valence-corrected chi connectivity index (χ2v) is 4.99. The first-order valence-corrected chi connectivity index (χ1v) is 6.88. The van der Waals surface area contributed by atoms with Crippen molar-refractivity contribution in [1.82, 2.24) is 0 Å². The van der Waals surface area contributed by atoms with Gasteiger partial charge in [0.15, 0.2) is 0 Å². The Morgan fingerprint density at radius 1 is 1.14 bits per heavy atom. The van der Waals surface area contributed by atoms with E-state index in [2.05, 4.69) is 10.5 Å². The summed E-state index contributed by atoms with van der Waals surface area (Å²) in [5.41, 5.74) is 6.29. The van der Waals surface area contributed by atoms with Crippen LogP contribution in [0.3, 0.4) is 0 Å². The van der Waals surface area contributed by atoms with E-state index in [9.17, 15) is 4.79 Å². The molecule has 3 rings (SSSR count). The van der Waals surface area contributed by atoms with Crippen LogP contribution in [0.25, 0.3) is 0 Å². The summed E-state index contributed by atoms with van der Waals surface area (Å²) >= 11 is 0. The highest BCUT2D eigenvalue weighted by Crippen LogP contribution is 2.21. The Bertz CT molecular complexity index is 680. The highest BCUT2D eigenvalue weighted by atomic mass is 16.5. The van der Waals surface area contributed by atoms with Crippen LogP contribution >= 0.6 is 0 Å². The first kappa shape index (κ1) is 13.4. The zero-order chi connectivity index (χ0) is 14.7. The number of nitrogens with one attached hydrogen (secondary N) is 1. The monoisotopic (exact) mass is 280 g/mol. The van der Waals surface area contributed by atoms with Crippen molar-refractivity contribution in [2.75, 3.05) is 5.43 Å². The fraction of sp³-hybridized carbons (Fsp3) is 0.176. The number of esters is 1. The summed E-state index contributed by atoms with van der Waals surface area (Å²) in [5.74, 6) is -0.281. The summed E-state index contributed by atoms with van der Waals surface area (Å²) in [5, 5.41) is 4.31.